The summed E-state index contributed by atoms with van der Waals surface area (Å²) in [4.78, 5) is 2.63. The summed E-state index contributed by atoms with van der Waals surface area (Å²) in [5.41, 5.74) is 0. The minimum atomic E-state index is -1.17. The predicted octanol–water partition coefficient (Wildman–Crippen LogP) is 11.2. The molecule has 1 unspecified atom stereocenters. The number of nitrogens with zero attached hydrogens (tertiary/aromatic N) is 1. The third-order valence-corrected chi connectivity index (χ3v) is 8.60. The van der Waals surface area contributed by atoms with Gasteiger partial charge in [-0.05, 0) is 32.2 Å². The zero-order valence-electron chi connectivity index (χ0n) is 26.1. The molecule has 4 nitrogen and oxygen atoms in total. The third kappa shape index (κ3) is 25.0. The van der Waals surface area contributed by atoms with Gasteiger partial charge in [-0.15, -0.1) is 0 Å². The number of likely N-dealkylation sites (tertiary alicyclic amines) is 1. The minimum Gasteiger partial charge on any atom is -0.316 e. The Balaban J connectivity index is 0.00000631. The molecule has 0 spiro atoms. The molecule has 0 saturated carbocycles. The lowest BCUT2D eigenvalue weighted by atomic mass is 10.0. The van der Waals surface area contributed by atoms with Crippen LogP contribution in [0.25, 0.3) is 0 Å². The molecule has 1 aliphatic heterocycles. The summed E-state index contributed by atoms with van der Waals surface area (Å²) in [5, 5.41) is 0. The van der Waals surface area contributed by atoms with E-state index in [0.29, 0.717) is 6.10 Å². The van der Waals surface area contributed by atoms with Crippen LogP contribution in [0.15, 0.2) is 0 Å². The Labute approximate surface area is 235 Å². The van der Waals surface area contributed by atoms with E-state index in [4.69, 9.17) is 13.6 Å². The van der Waals surface area contributed by atoms with Gasteiger partial charge >= 0.3 is 8.60 Å². The molecule has 1 saturated heterocycles. The van der Waals surface area contributed by atoms with Crippen molar-refractivity contribution in [2.45, 2.75) is 175 Å². The van der Waals surface area contributed by atoms with Crippen LogP contribution >= 0.6 is 8.60 Å². The van der Waals surface area contributed by atoms with Crippen LogP contribution in [-0.4, -0.2) is 44.4 Å². The van der Waals surface area contributed by atoms with E-state index in [1.807, 2.05) is 13.8 Å². The van der Waals surface area contributed by atoms with Gasteiger partial charge in [-0.1, -0.05) is 143 Å². The number of rotatable bonds is 26. The molecule has 1 atom stereocenters. The van der Waals surface area contributed by atoms with Gasteiger partial charge in [-0.3, -0.25) is 0 Å². The lowest BCUT2D eigenvalue weighted by Crippen LogP contribution is -2.37. The molecule has 224 valence electrons. The first-order valence-corrected chi connectivity index (χ1v) is 17.8. The number of piperidine rings is 1. The van der Waals surface area contributed by atoms with Crippen molar-refractivity contribution in [1.82, 2.24) is 4.90 Å². The Morgan fingerprint density at radius 1 is 0.595 bits per heavy atom. The highest BCUT2D eigenvalue weighted by molar-refractivity contribution is 7.41. The van der Waals surface area contributed by atoms with E-state index >= 15 is 0 Å². The predicted molar refractivity (Wildman–Crippen MR) is 165 cm³/mol. The molecule has 1 heterocycles. The Hall–Kier alpha value is 0.270. The summed E-state index contributed by atoms with van der Waals surface area (Å²) in [6.45, 7) is 12.9. The maximum Gasteiger partial charge on any atom is 0.332 e. The van der Waals surface area contributed by atoms with Gasteiger partial charge in [0.25, 0.3) is 0 Å². The van der Waals surface area contributed by atoms with Crippen LogP contribution in [0.5, 0.6) is 0 Å². The first-order chi connectivity index (χ1) is 18.3. The minimum absolute atomic E-state index is 0.304. The van der Waals surface area contributed by atoms with Crippen molar-refractivity contribution >= 4 is 8.60 Å². The van der Waals surface area contributed by atoms with Gasteiger partial charge in [-0.2, -0.15) is 0 Å². The molecule has 0 amide bonds. The van der Waals surface area contributed by atoms with Gasteiger partial charge in [0.05, 0.1) is 12.7 Å². The van der Waals surface area contributed by atoms with Crippen molar-refractivity contribution in [3.05, 3.63) is 0 Å². The van der Waals surface area contributed by atoms with Crippen LogP contribution in [0.3, 0.4) is 0 Å². The lowest BCUT2D eigenvalue weighted by molar-refractivity contribution is 0.0726. The third-order valence-electron chi connectivity index (χ3n) is 7.44. The molecule has 0 N–H and O–H groups in total. The molecule has 0 aromatic carbocycles. The summed E-state index contributed by atoms with van der Waals surface area (Å²) in [6.07, 6.45) is 30.3. The average molecular weight is 546 g/mol. The highest BCUT2D eigenvalue weighted by atomic mass is 31.2. The van der Waals surface area contributed by atoms with E-state index < -0.39 is 8.60 Å². The topological polar surface area (TPSA) is 30.9 Å². The molecule has 0 aromatic heterocycles. The molecule has 0 bridgehead atoms. The number of unbranched alkanes of at least 4 members (excludes halogenated alkanes) is 18. The summed E-state index contributed by atoms with van der Waals surface area (Å²) in [6, 6.07) is 0. The van der Waals surface area contributed by atoms with Crippen LogP contribution < -0.4 is 0 Å². The van der Waals surface area contributed by atoms with Crippen molar-refractivity contribution in [1.29, 1.82) is 0 Å². The highest BCUT2D eigenvalue weighted by Gasteiger charge is 2.24. The first kappa shape index (κ1) is 37.3. The largest absolute Gasteiger partial charge is 0.332 e. The number of hydrogen-bond donors (Lipinski definition) is 0. The Kier molecular flexibility index (Phi) is 31.0. The van der Waals surface area contributed by atoms with Gasteiger partial charge in [0, 0.05) is 20.2 Å². The average Bonchev–Trinajstić information content (AvgIpc) is 2.94. The van der Waals surface area contributed by atoms with Gasteiger partial charge in [0.1, 0.15) is 0 Å². The summed E-state index contributed by atoms with van der Waals surface area (Å²) < 4.78 is 17.5. The first-order valence-electron chi connectivity index (χ1n) is 16.7. The zero-order valence-corrected chi connectivity index (χ0v) is 27.0. The molecule has 1 aliphatic rings. The molecule has 0 radical (unpaired) electrons. The van der Waals surface area contributed by atoms with Crippen LogP contribution in [0.2, 0.25) is 0 Å². The fraction of sp³-hybridized carbons (Fsp3) is 1.00. The number of hydrogen-bond acceptors (Lipinski definition) is 4. The quantitative estimate of drug-likeness (QED) is 0.0799. The van der Waals surface area contributed by atoms with Gasteiger partial charge < -0.3 is 18.5 Å². The van der Waals surface area contributed by atoms with E-state index in [9.17, 15) is 0 Å². The normalized spacial score (nSPS) is 15.5. The van der Waals surface area contributed by atoms with Crippen LogP contribution in [0.1, 0.15) is 169 Å². The van der Waals surface area contributed by atoms with Crippen LogP contribution in [0, 0.1) is 0 Å². The molecule has 5 heteroatoms. The standard InChI is InChI=1S/C30H62NO3P.C2H6/c1-4-6-8-10-12-13-14-15-16-17-18-19-20-22-26-31-27-24-30(25-28-31)34-35(32-3)33-29-23-21-11-9-7-5-2;1-2/h30H,4-29H2,1-3H3;1-2H3. The Morgan fingerprint density at radius 3 is 1.43 bits per heavy atom. The van der Waals surface area contributed by atoms with Crippen molar-refractivity contribution < 1.29 is 13.6 Å². The summed E-state index contributed by atoms with van der Waals surface area (Å²) in [7, 11) is 0.550. The van der Waals surface area contributed by atoms with E-state index in [0.717, 1.165) is 39.0 Å². The molecule has 0 aliphatic carbocycles. The summed E-state index contributed by atoms with van der Waals surface area (Å²) >= 11 is 0. The van der Waals surface area contributed by atoms with Crippen molar-refractivity contribution in [2.24, 2.45) is 0 Å². The fourth-order valence-corrected chi connectivity index (χ4v) is 6.02. The molecule has 1 fully saturated rings. The maximum absolute atomic E-state index is 6.15. The molecular formula is C32H68NO3P. The van der Waals surface area contributed by atoms with Gasteiger partial charge in [0.2, 0.25) is 0 Å². The fourth-order valence-electron chi connectivity index (χ4n) is 5.04. The second kappa shape index (κ2) is 30.8. The van der Waals surface area contributed by atoms with Crippen LogP contribution in [-0.2, 0) is 13.6 Å². The summed E-state index contributed by atoms with van der Waals surface area (Å²) in [5.74, 6) is 0. The van der Waals surface area contributed by atoms with E-state index in [1.165, 1.54) is 129 Å². The van der Waals surface area contributed by atoms with Crippen molar-refractivity contribution in [3.8, 4) is 0 Å². The highest BCUT2D eigenvalue weighted by Crippen LogP contribution is 2.42. The monoisotopic (exact) mass is 545 g/mol. The van der Waals surface area contributed by atoms with Crippen LogP contribution in [0.4, 0.5) is 0 Å². The smallest absolute Gasteiger partial charge is 0.316 e. The van der Waals surface area contributed by atoms with Gasteiger partial charge in [-0.25, -0.2) is 0 Å². The lowest BCUT2D eigenvalue weighted by Gasteiger charge is -2.32. The van der Waals surface area contributed by atoms with E-state index in [2.05, 4.69) is 18.7 Å². The molecule has 0 aromatic rings. The Morgan fingerprint density at radius 2 is 1.00 bits per heavy atom. The van der Waals surface area contributed by atoms with Gasteiger partial charge in [0.15, 0.2) is 0 Å². The second-order valence-corrected chi connectivity index (χ2v) is 12.0. The van der Waals surface area contributed by atoms with E-state index in [1.54, 1.807) is 7.11 Å². The van der Waals surface area contributed by atoms with Crippen molar-refractivity contribution in [2.75, 3.05) is 33.4 Å². The Bertz CT molecular complexity index is 419. The maximum atomic E-state index is 6.15. The van der Waals surface area contributed by atoms with Crippen molar-refractivity contribution in [3.63, 3.8) is 0 Å². The van der Waals surface area contributed by atoms with E-state index in [-0.39, 0.29) is 0 Å². The zero-order chi connectivity index (χ0) is 27.2. The molecule has 37 heavy (non-hydrogen) atoms. The molecule has 1 rings (SSSR count). The second-order valence-electron chi connectivity index (χ2n) is 10.7. The SMILES string of the molecule is CC.CCCCCCCCCCCCCCCCN1CCC(OP(OC)OCCCCCCCC)CC1. The molecular weight excluding hydrogens is 477 g/mol.